The van der Waals surface area contributed by atoms with Gasteiger partial charge in [0.2, 0.25) is 0 Å². The lowest BCUT2D eigenvalue weighted by Crippen LogP contribution is -2.30. The highest BCUT2D eigenvalue weighted by Gasteiger charge is 2.20. The number of nitrogens with one attached hydrogen (secondary N) is 1. The lowest BCUT2D eigenvalue weighted by molar-refractivity contribution is -0.123. The molecule has 0 saturated heterocycles. The molecule has 1 atom stereocenters. The molecule has 0 radical (unpaired) electrons. The van der Waals surface area contributed by atoms with Crippen molar-refractivity contribution in [3.8, 4) is 0 Å². The summed E-state index contributed by atoms with van der Waals surface area (Å²) >= 11 is 17.6. The van der Waals surface area contributed by atoms with Gasteiger partial charge in [0.15, 0.2) is 6.10 Å². The van der Waals surface area contributed by atoms with E-state index in [9.17, 15) is 9.59 Å². The Morgan fingerprint density at radius 3 is 2.35 bits per heavy atom. The number of anilines is 1. The van der Waals surface area contributed by atoms with Gasteiger partial charge in [-0.3, -0.25) is 4.79 Å². The van der Waals surface area contributed by atoms with Gasteiger partial charge in [0.25, 0.3) is 5.91 Å². The maximum atomic E-state index is 12.1. The van der Waals surface area contributed by atoms with Crippen LogP contribution in [0.25, 0.3) is 0 Å². The minimum Gasteiger partial charge on any atom is -0.449 e. The molecule has 1 N–H and O–H groups in total. The second-order valence-corrected chi connectivity index (χ2v) is 5.87. The van der Waals surface area contributed by atoms with Crippen LogP contribution in [0.3, 0.4) is 0 Å². The molecule has 0 spiro atoms. The molecule has 0 unspecified atom stereocenters. The zero-order valence-electron chi connectivity index (χ0n) is 12.0. The molecule has 0 fully saturated rings. The standard InChI is InChI=1S/C16H12Cl3NO3/c1-9(15(21)20-14-5-3-2-4-12(14)18)23-16(22)10-6-7-11(17)13(19)8-10/h2-9H,1H3,(H,20,21)/t9-/m0/s1. The summed E-state index contributed by atoms with van der Waals surface area (Å²) < 4.78 is 5.11. The van der Waals surface area contributed by atoms with Crippen molar-refractivity contribution in [2.75, 3.05) is 5.32 Å². The van der Waals surface area contributed by atoms with E-state index in [4.69, 9.17) is 39.5 Å². The molecule has 0 aliphatic carbocycles. The first kappa shape index (κ1) is 17.6. The Morgan fingerprint density at radius 2 is 1.70 bits per heavy atom. The summed E-state index contributed by atoms with van der Waals surface area (Å²) in [6.07, 6.45) is -1.01. The maximum absolute atomic E-state index is 12.1. The second-order valence-electron chi connectivity index (χ2n) is 4.65. The van der Waals surface area contributed by atoms with E-state index < -0.39 is 18.0 Å². The molecule has 2 rings (SSSR count). The Bertz CT molecular complexity index is 749. The van der Waals surface area contributed by atoms with Gasteiger partial charge in [-0.1, -0.05) is 46.9 Å². The highest BCUT2D eigenvalue weighted by molar-refractivity contribution is 6.42. The third-order valence-corrected chi connectivity index (χ3v) is 4.01. The highest BCUT2D eigenvalue weighted by Crippen LogP contribution is 2.23. The van der Waals surface area contributed by atoms with E-state index in [0.717, 1.165) is 0 Å². The molecule has 23 heavy (non-hydrogen) atoms. The molecule has 0 saturated carbocycles. The number of carbonyl (C=O) groups excluding carboxylic acids is 2. The van der Waals surface area contributed by atoms with Gasteiger partial charge in [0.05, 0.1) is 26.3 Å². The number of hydrogen-bond donors (Lipinski definition) is 1. The smallest absolute Gasteiger partial charge is 0.338 e. The first-order chi connectivity index (χ1) is 10.9. The summed E-state index contributed by atoms with van der Waals surface area (Å²) in [5.41, 5.74) is 0.647. The molecule has 7 heteroatoms. The van der Waals surface area contributed by atoms with Gasteiger partial charge in [-0.15, -0.1) is 0 Å². The number of benzene rings is 2. The van der Waals surface area contributed by atoms with Gasteiger partial charge >= 0.3 is 5.97 Å². The third kappa shape index (κ3) is 4.61. The molecule has 2 aromatic rings. The lowest BCUT2D eigenvalue weighted by Gasteiger charge is -2.14. The van der Waals surface area contributed by atoms with Crippen LogP contribution in [-0.4, -0.2) is 18.0 Å². The van der Waals surface area contributed by atoms with Crippen LogP contribution >= 0.6 is 34.8 Å². The van der Waals surface area contributed by atoms with Gasteiger partial charge in [0.1, 0.15) is 0 Å². The molecule has 0 heterocycles. The molecule has 120 valence electrons. The maximum Gasteiger partial charge on any atom is 0.338 e. The van der Waals surface area contributed by atoms with Crippen LogP contribution in [0.15, 0.2) is 42.5 Å². The molecule has 1 amide bonds. The van der Waals surface area contributed by atoms with E-state index in [-0.39, 0.29) is 10.6 Å². The minimum absolute atomic E-state index is 0.205. The van der Waals surface area contributed by atoms with Crippen molar-refractivity contribution in [1.29, 1.82) is 0 Å². The number of hydrogen-bond acceptors (Lipinski definition) is 3. The molecule has 0 bridgehead atoms. The Balaban J connectivity index is 2.01. The predicted octanol–water partition coefficient (Wildman–Crippen LogP) is 4.83. The van der Waals surface area contributed by atoms with E-state index in [1.807, 2.05) is 0 Å². The van der Waals surface area contributed by atoms with Gasteiger partial charge in [0, 0.05) is 0 Å². The Labute approximate surface area is 148 Å². The fraction of sp³-hybridized carbons (Fsp3) is 0.125. The van der Waals surface area contributed by atoms with Crippen molar-refractivity contribution < 1.29 is 14.3 Å². The highest BCUT2D eigenvalue weighted by atomic mass is 35.5. The second kappa shape index (κ2) is 7.68. The number of amides is 1. The van der Waals surface area contributed by atoms with Crippen LogP contribution < -0.4 is 5.32 Å². The van der Waals surface area contributed by atoms with Gasteiger partial charge < -0.3 is 10.1 Å². The number of para-hydroxylation sites is 1. The average Bonchev–Trinajstić information content (AvgIpc) is 2.52. The fourth-order valence-corrected chi connectivity index (χ4v) is 2.18. The quantitative estimate of drug-likeness (QED) is 0.782. The molecule has 0 aliphatic heterocycles. The number of carbonyl (C=O) groups is 2. The van der Waals surface area contributed by atoms with Gasteiger partial charge in [-0.2, -0.15) is 0 Å². The summed E-state index contributed by atoms with van der Waals surface area (Å²) in [6, 6.07) is 11.1. The van der Waals surface area contributed by atoms with Gasteiger partial charge in [-0.05, 0) is 37.3 Å². The van der Waals surface area contributed by atoms with Crippen LogP contribution in [0.1, 0.15) is 17.3 Å². The Morgan fingerprint density at radius 1 is 1.00 bits per heavy atom. The van der Waals surface area contributed by atoms with Crippen molar-refractivity contribution >= 4 is 52.4 Å². The average molecular weight is 373 g/mol. The number of esters is 1. The van der Waals surface area contributed by atoms with E-state index >= 15 is 0 Å². The van der Waals surface area contributed by atoms with E-state index in [2.05, 4.69) is 5.32 Å². The van der Waals surface area contributed by atoms with Crippen molar-refractivity contribution in [3.63, 3.8) is 0 Å². The fourth-order valence-electron chi connectivity index (χ4n) is 1.70. The van der Waals surface area contributed by atoms with Crippen molar-refractivity contribution in [2.24, 2.45) is 0 Å². The molecule has 4 nitrogen and oxygen atoms in total. The molecule has 0 aliphatic rings. The summed E-state index contributed by atoms with van der Waals surface area (Å²) in [6.45, 7) is 1.46. The first-order valence-corrected chi connectivity index (χ1v) is 7.73. The van der Waals surface area contributed by atoms with Crippen LogP contribution in [0.5, 0.6) is 0 Å². The summed E-state index contributed by atoms with van der Waals surface area (Å²) in [5.74, 6) is -1.17. The van der Waals surface area contributed by atoms with Crippen LogP contribution in [0, 0.1) is 0 Å². The zero-order chi connectivity index (χ0) is 17.0. The monoisotopic (exact) mass is 371 g/mol. The minimum atomic E-state index is -1.01. The van der Waals surface area contributed by atoms with E-state index in [0.29, 0.717) is 15.7 Å². The molecule has 2 aromatic carbocycles. The largest absolute Gasteiger partial charge is 0.449 e. The summed E-state index contributed by atoms with van der Waals surface area (Å²) in [4.78, 5) is 24.1. The van der Waals surface area contributed by atoms with Crippen LogP contribution in [0.2, 0.25) is 15.1 Å². The summed E-state index contributed by atoms with van der Waals surface area (Å²) in [5, 5.41) is 3.54. The normalized spacial score (nSPS) is 11.7. The van der Waals surface area contributed by atoms with Crippen molar-refractivity contribution in [1.82, 2.24) is 0 Å². The first-order valence-electron chi connectivity index (χ1n) is 6.60. The van der Waals surface area contributed by atoms with Gasteiger partial charge in [-0.25, -0.2) is 4.79 Å². The Hall–Kier alpha value is -1.75. The van der Waals surface area contributed by atoms with Crippen molar-refractivity contribution in [3.05, 3.63) is 63.1 Å². The molecule has 0 aromatic heterocycles. The van der Waals surface area contributed by atoms with E-state index in [1.165, 1.54) is 25.1 Å². The topological polar surface area (TPSA) is 55.4 Å². The van der Waals surface area contributed by atoms with Crippen LogP contribution in [-0.2, 0) is 9.53 Å². The number of halogens is 3. The molecular weight excluding hydrogens is 361 g/mol. The van der Waals surface area contributed by atoms with Crippen molar-refractivity contribution in [2.45, 2.75) is 13.0 Å². The zero-order valence-corrected chi connectivity index (χ0v) is 14.2. The predicted molar refractivity (Wildman–Crippen MR) is 91.4 cm³/mol. The lowest BCUT2D eigenvalue weighted by atomic mass is 10.2. The van der Waals surface area contributed by atoms with Crippen LogP contribution in [0.4, 0.5) is 5.69 Å². The number of rotatable bonds is 4. The van der Waals surface area contributed by atoms with E-state index in [1.54, 1.807) is 24.3 Å². The number of ether oxygens (including phenoxy) is 1. The SMILES string of the molecule is C[C@H](OC(=O)c1ccc(Cl)c(Cl)c1)C(=O)Nc1ccccc1Cl. The third-order valence-electron chi connectivity index (χ3n) is 2.94. The summed E-state index contributed by atoms with van der Waals surface area (Å²) in [7, 11) is 0. The Kier molecular flexibility index (Phi) is 5.88. The molecular formula is C16H12Cl3NO3.